The highest BCUT2D eigenvalue weighted by Gasteiger charge is 2.34. The van der Waals surface area contributed by atoms with Crippen LogP contribution in [0.1, 0.15) is 23.7 Å². The number of anilines is 1. The lowest BCUT2D eigenvalue weighted by Crippen LogP contribution is -2.29. The van der Waals surface area contributed by atoms with Gasteiger partial charge < -0.3 is 10.6 Å². The van der Waals surface area contributed by atoms with Gasteiger partial charge in [-0.1, -0.05) is 30.1 Å². The molecule has 3 nitrogen and oxygen atoms in total. The van der Waals surface area contributed by atoms with Crippen LogP contribution in [0.25, 0.3) is 0 Å². The normalized spacial score (nSPS) is 21.8. The Morgan fingerprint density at radius 2 is 2.11 bits per heavy atom. The summed E-state index contributed by atoms with van der Waals surface area (Å²) in [5.41, 5.74) is 6.51. The van der Waals surface area contributed by atoms with Crippen molar-refractivity contribution in [2.24, 2.45) is 11.8 Å². The maximum atomic E-state index is 12.3. The van der Waals surface area contributed by atoms with Gasteiger partial charge in [0.1, 0.15) is 0 Å². The lowest BCUT2D eigenvalue weighted by atomic mass is 10.1. The highest BCUT2D eigenvalue weighted by Crippen LogP contribution is 2.38. The molecule has 0 aromatic heterocycles. The van der Waals surface area contributed by atoms with Gasteiger partial charge in [0.05, 0.1) is 15.6 Å². The Kier molecular flexibility index (Phi) is 3.74. The molecule has 2 rings (SSSR count). The molecule has 0 saturated heterocycles. The van der Waals surface area contributed by atoms with Crippen molar-refractivity contribution in [1.82, 2.24) is 4.90 Å². The van der Waals surface area contributed by atoms with Crippen LogP contribution < -0.4 is 5.73 Å². The molecule has 1 saturated carbocycles. The highest BCUT2D eigenvalue weighted by atomic mass is 35.5. The van der Waals surface area contributed by atoms with E-state index in [1.807, 2.05) is 0 Å². The number of carbonyl (C=O) groups excluding carboxylic acids is 1. The van der Waals surface area contributed by atoms with E-state index in [2.05, 4.69) is 6.92 Å². The predicted octanol–water partition coefficient (Wildman–Crippen LogP) is 3.30. The Morgan fingerprint density at radius 3 is 2.67 bits per heavy atom. The minimum Gasteiger partial charge on any atom is -0.399 e. The van der Waals surface area contributed by atoms with E-state index in [1.165, 1.54) is 6.42 Å². The second-order valence-electron chi connectivity index (χ2n) is 5.02. The largest absolute Gasteiger partial charge is 0.399 e. The molecule has 1 aromatic carbocycles. The lowest BCUT2D eigenvalue weighted by Gasteiger charge is -2.18. The van der Waals surface area contributed by atoms with Crippen molar-refractivity contribution in [3.05, 3.63) is 27.7 Å². The number of halogens is 2. The van der Waals surface area contributed by atoms with Gasteiger partial charge in [0.2, 0.25) is 0 Å². The number of amides is 1. The lowest BCUT2D eigenvalue weighted by molar-refractivity contribution is 0.0787. The van der Waals surface area contributed by atoms with Gasteiger partial charge in [-0.3, -0.25) is 4.79 Å². The van der Waals surface area contributed by atoms with Crippen LogP contribution in [0.4, 0.5) is 5.69 Å². The fraction of sp³-hybridized carbons (Fsp3) is 0.462. The van der Waals surface area contributed by atoms with Gasteiger partial charge in [0, 0.05) is 19.3 Å². The Balaban J connectivity index is 2.17. The van der Waals surface area contributed by atoms with Crippen LogP contribution in [0.15, 0.2) is 12.1 Å². The molecule has 1 aromatic rings. The van der Waals surface area contributed by atoms with E-state index in [9.17, 15) is 4.79 Å². The average Bonchev–Trinajstić information content (AvgIpc) is 2.98. The quantitative estimate of drug-likeness (QED) is 0.867. The van der Waals surface area contributed by atoms with E-state index < -0.39 is 0 Å². The van der Waals surface area contributed by atoms with E-state index in [0.29, 0.717) is 28.1 Å². The predicted molar refractivity (Wildman–Crippen MR) is 75.1 cm³/mol. The zero-order valence-electron chi connectivity index (χ0n) is 10.4. The number of hydrogen-bond donors (Lipinski definition) is 1. The molecule has 0 aliphatic heterocycles. The van der Waals surface area contributed by atoms with Crippen LogP contribution in [0, 0.1) is 11.8 Å². The summed E-state index contributed by atoms with van der Waals surface area (Å²) in [7, 11) is 1.78. The van der Waals surface area contributed by atoms with Gasteiger partial charge >= 0.3 is 0 Å². The number of nitrogens with two attached hydrogens (primary N) is 1. The zero-order valence-corrected chi connectivity index (χ0v) is 11.9. The van der Waals surface area contributed by atoms with Gasteiger partial charge in [-0.05, 0) is 30.4 Å². The summed E-state index contributed by atoms with van der Waals surface area (Å²) in [4.78, 5) is 14.0. The third-order valence-corrected chi connectivity index (χ3v) is 4.21. The molecule has 18 heavy (non-hydrogen) atoms. The summed E-state index contributed by atoms with van der Waals surface area (Å²) in [6.07, 6.45) is 1.18. The molecule has 98 valence electrons. The van der Waals surface area contributed by atoms with Crippen LogP contribution in [-0.4, -0.2) is 24.4 Å². The summed E-state index contributed by atoms with van der Waals surface area (Å²) in [6.45, 7) is 2.94. The molecule has 2 atom stereocenters. The molecule has 1 fully saturated rings. The van der Waals surface area contributed by atoms with Crippen LogP contribution >= 0.6 is 23.2 Å². The van der Waals surface area contributed by atoms with Gasteiger partial charge in [-0.15, -0.1) is 0 Å². The molecule has 0 spiro atoms. The van der Waals surface area contributed by atoms with Crippen LogP contribution in [0.5, 0.6) is 0 Å². The molecular formula is C13H16Cl2N2O. The Hall–Kier alpha value is -0.930. The fourth-order valence-electron chi connectivity index (χ4n) is 2.06. The number of carbonyl (C=O) groups is 1. The number of nitrogens with zero attached hydrogens (tertiary/aromatic N) is 1. The maximum absolute atomic E-state index is 12.3. The monoisotopic (exact) mass is 286 g/mol. The fourth-order valence-corrected chi connectivity index (χ4v) is 2.48. The van der Waals surface area contributed by atoms with Crippen molar-refractivity contribution in [3.8, 4) is 0 Å². The van der Waals surface area contributed by atoms with Crippen molar-refractivity contribution in [1.29, 1.82) is 0 Å². The smallest absolute Gasteiger partial charge is 0.255 e. The summed E-state index contributed by atoms with van der Waals surface area (Å²) < 4.78 is 0. The SMILES string of the molecule is CC1CC1CN(C)C(=O)c1cc(N)cc(Cl)c1Cl. The summed E-state index contributed by atoms with van der Waals surface area (Å²) in [6, 6.07) is 3.12. The molecule has 1 aliphatic carbocycles. The first-order chi connectivity index (χ1) is 8.40. The van der Waals surface area contributed by atoms with Gasteiger partial charge in [0.25, 0.3) is 5.91 Å². The summed E-state index contributed by atoms with van der Waals surface area (Å²) in [5.74, 6) is 1.18. The average molecular weight is 287 g/mol. The summed E-state index contributed by atoms with van der Waals surface area (Å²) in [5, 5.41) is 0.583. The van der Waals surface area contributed by atoms with Gasteiger partial charge in [-0.25, -0.2) is 0 Å². The number of rotatable bonds is 3. The minimum absolute atomic E-state index is 0.131. The molecule has 0 heterocycles. The van der Waals surface area contributed by atoms with Gasteiger partial charge in [0.15, 0.2) is 0 Å². The second kappa shape index (κ2) is 4.98. The number of hydrogen-bond acceptors (Lipinski definition) is 2. The van der Waals surface area contributed by atoms with Gasteiger partial charge in [-0.2, -0.15) is 0 Å². The Labute approximate surface area is 117 Å². The number of nitrogen functional groups attached to an aromatic ring is 1. The molecule has 2 unspecified atom stereocenters. The first-order valence-electron chi connectivity index (χ1n) is 5.90. The summed E-state index contributed by atoms with van der Waals surface area (Å²) >= 11 is 12.0. The van der Waals surface area contributed by atoms with Crippen molar-refractivity contribution in [2.45, 2.75) is 13.3 Å². The topological polar surface area (TPSA) is 46.3 Å². The molecule has 1 aliphatic rings. The molecule has 1 amide bonds. The molecular weight excluding hydrogens is 271 g/mol. The van der Waals surface area contributed by atoms with Crippen molar-refractivity contribution >= 4 is 34.8 Å². The maximum Gasteiger partial charge on any atom is 0.255 e. The molecule has 0 bridgehead atoms. The minimum atomic E-state index is -0.131. The van der Waals surface area contributed by atoms with Crippen LogP contribution in [0.2, 0.25) is 10.0 Å². The third-order valence-electron chi connectivity index (χ3n) is 3.41. The van der Waals surface area contributed by atoms with Crippen molar-refractivity contribution in [3.63, 3.8) is 0 Å². The van der Waals surface area contributed by atoms with E-state index in [4.69, 9.17) is 28.9 Å². The van der Waals surface area contributed by atoms with E-state index >= 15 is 0 Å². The second-order valence-corrected chi connectivity index (χ2v) is 5.81. The van der Waals surface area contributed by atoms with E-state index in [-0.39, 0.29) is 10.9 Å². The molecule has 2 N–H and O–H groups in total. The van der Waals surface area contributed by atoms with Crippen LogP contribution in [0.3, 0.4) is 0 Å². The van der Waals surface area contributed by atoms with E-state index in [1.54, 1.807) is 24.1 Å². The zero-order chi connectivity index (χ0) is 13.4. The standard InChI is InChI=1S/C13H16Cl2N2O/c1-7-3-8(7)6-17(2)13(18)10-4-9(16)5-11(14)12(10)15/h4-5,7-8H,3,6,16H2,1-2H3. The molecule has 5 heteroatoms. The third kappa shape index (κ3) is 2.73. The Morgan fingerprint density at radius 1 is 1.50 bits per heavy atom. The molecule has 0 radical (unpaired) electrons. The Bertz CT molecular complexity index is 490. The number of benzene rings is 1. The first-order valence-corrected chi connectivity index (χ1v) is 6.65. The van der Waals surface area contributed by atoms with Crippen molar-refractivity contribution in [2.75, 3.05) is 19.3 Å². The highest BCUT2D eigenvalue weighted by molar-refractivity contribution is 6.44. The van der Waals surface area contributed by atoms with E-state index in [0.717, 1.165) is 6.54 Å². The van der Waals surface area contributed by atoms with Crippen molar-refractivity contribution < 1.29 is 4.79 Å². The first kappa shape index (κ1) is 13.5. The van der Waals surface area contributed by atoms with Crippen LogP contribution in [-0.2, 0) is 0 Å².